The molecule has 2 aromatic rings. The Morgan fingerprint density at radius 1 is 1.30 bits per heavy atom. The minimum absolute atomic E-state index is 0.191. The van der Waals surface area contributed by atoms with Crippen molar-refractivity contribution in [1.29, 1.82) is 0 Å². The maximum Gasteiger partial charge on any atom is 0.224 e. The summed E-state index contributed by atoms with van der Waals surface area (Å²) in [4.78, 5) is 8.09. The minimum Gasteiger partial charge on any atom is -0.496 e. The molecular weight excluding hydrogens is 276 g/mol. The van der Waals surface area contributed by atoms with Crippen LogP contribution in [0.3, 0.4) is 0 Å². The highest BCUT2D eigenvalue weighted by Gasteiger charge is 2.08. The van der Waals surface area contributed by atoms with Gasteiger partial charge in [0.15, 0.2) is 5.82 Å². The van der Waals surface area contributed by atoms with Crippen LogP contribution in [-0.4, -0.2) is 23.6 Å². The number of nitrogens with one attached hydrogen (secondary N) is 1. The van der Waals surface area contributed by atoms with Gasteiger partial charge in [-0.25, -0.2) is 4.98 Å². The molecule has 0 bridgehead atoms. The second-order valence-corrected chi connectivity index (χ2v) is 4.67. The van der Waals surface area contributed by atoms with Gasteiger partial charge in [-0.2, -0.15) is 4.98 Å². The van der Waals surface area contributed by atoms with Crippen molar-refractivity contribution in [2.75, 3.05) is 24.7 Å². The van der Waals surface area contributed by atoms with Crippen molar-refractivity contribution in [3.63, 3.8) is 0 Å². The van der Waals surface area contributed by atoms with Crippen molar-refractivity contribution >= 4 is 23.1 Å². The Balaban J connectivity index is 2.03. The van der Waals surface area contributed by atoms with Gasteiger partial charge in [0.2, 0.25) is 5.28 Å². The number of rotatable bonds is 5. The molecule has 1 aromatic carbocycles. The van der Waals surface area contributed by atoms with Crippen molar-refractivity contribution in [3.8, 4) is 5.75 Å². The van der Waals surface area contributed by atoms with Gasteiger partial charge in [0, 0.05) is 6.54 Å². The lowest BCUT2D eigenvalue weighted by Crippen LogP contribution is -2.11. The van der Waals surface area contributed by atoms with E-state index in [-0.39, 0.29) is 5.28 Å². The fourth-order valence-electron chi connectivity index (χ4n) is 1.91. The van der Waals surface area contributed by atoms with E-state index in [0.29, 0.717) is 23.7 Å². The SMILES string of the molecule is COc1ccccc1CCNc1nc(Cl)nc(C)c1N. The van der Waals surface area contributed by atoms with Gasteiger partial charge in [0.05, 0.1) is 18.5 Å². The molecule has 0 saturated carbocycles. The fraction of sp³-hybridized carbons (Fsp3) is 0.286. The molecule has 106 valence electrons. The molecule has 3 N–H and O–H groups in total. The van der Waals surface area contributed by atoms with Crippen LogP contribution in [0.1, 0.15) is 11.3 Å². The molecule has 0 saturated heterocycles. The molecule has 1 aromatic heterocycles. The first-order valence-corrected chi connectivity index (χ1v) is 6.65. The summed E-state index contributed by atoms with van der Waals surface area (Å²) in [5.41, 5.74) is 8.23. The highest BCUT2D eigenvalue weighted by molar-refractivity contribution is 6.28. The van der Waals surface area contributed by atoms with E-state index < -0.39 is 0 Å². The zero-order valence-corrected chi connectivity index (χ0v) is 12.2. The van der Waals surface area contributed by atoms with E-state index in [0.717, 1.165) is 17.7 Å². The summed E-state index contributed by atoms with van der Waals surface area (Å²) in [6.07, 6.45) is 0.796. The quantitative estimate of drug-likeness (QED) is 0.829. The molecule has 20 heavy (non-hydrogen) atoms. The highest BCUT2D eigenvalue weighted by Crippen LogP contribution is 2.21. The molecule has 1 heterocycles. The summed E-state index contributed by atoms with van der Waals surface area (Å²) < 4.78 is 5.31. The number of methoxy groups -OCH3 is 1. The van der Waals surface area contributed by atoms with Crippen LogP contribution >= 0.6 is 11.6 Å². The second-order valence-electron chi connectivity index (χ2n) is 4.33. The molecule has 0 radical (unpaired) electrons. The monoisotopic (exact) mass is 292 g/mol. The van der Waals surface area contributed by atoms with E-state index in [1.54, 1.807) is 14.0 Å². The molecule has 0 spiro atoms. The molecule has 0 aliphatic rings. The Morgan fingerprint density at radius 2 is 2.05 bits per heavy atom. The standard InChI is InChI=1S/C14H17ClN4O/c1-9-12(16)13(19-14(15)18-9)17-8-7-10-5-3-4-6-11(10)20-2/h3-6H,7-8,16H2,1-2H3,(H,17,18,19). The molecule has 6 heteroatoms. The third-order valence-corrected chi connectivity index (χ3v) is 3.16. The van der Waals surface area contributed by atoms with Crippen LogP contribution in [0.2, 0.25) is 5.28 Å². The number of anilines is 2. The predicted molar refractivity (Wildman–Crippen MR) is 81.4 cm³/mol. The molecule has 0 aliphatic heterocycles. The first-order chi connectivity index (χ1) is 9.61. The number of ether oxygens (including phenoxy) is 1. The maximum absolute atomic E-state index is 5.92. The number of nitrogens with two attached hydrogens (primary N) is 1. The molecule has 5 nitrogen and oxygen atoms in total. The van der Waals surface area contributed by atoms with Gasteiger partial charge < -0.3 is 15.8 Å². The van der Waals surface area contributed by atoms with E-state index in [9.17, 15) is 0 Å². The molecule has 2 rings (SSSR count). The van der Waals surface area contributed by atoms with Crippen molar-refractivity contribution in [3.05, 3.63) is 40.8 Å². The number of benzene rings is 1. The van der Waals surface area contributed by atoms with Crippen LogP contribution in [-0.2, 0) is 6.42 Å². The van der Waals surface area contributed by atoms with Crippen LogP contribution in [0.15, 0.2) is 24.3 Å². The number of aryl methyl sites for hydroxylation is 1. The van der Waals surface area contributed by atoms with Gasteiger partial charge in [0.25, 0.3) is 0 Å². The average molecular weight is 293 g/mol. The smallest absolute Gasteiger partial charge is 0.224 e. The number of nitrogens with zero attached hydrogens (tertiary/aromatic N) is 2. The van der Waals surface area contributed by atoms with Gasteiger partial charge in [-0.3, -0.25) is 0 Å². The number of para-hydroxylation sites is 1. The number of hydrogen-bond acceptors (Lipinski definition) is 5. The third-order valence-electron chi connectivity index (χ3n) is 2.99. The van der Waals surface area contributed by atoms with Crippen molar-refractivity contribution in [2.45, 2.75) is 13.3 Å². The molecule has 0 amide bonds. The Hall–Kier alpha value is -2.01. The Labute approximate surface area is 123 Å². The zero-order valence-electron chi connectivity index (χ0n) is 11.5. The molecule has 0 unspecified atom stereocenters. The maximum atomic E-state index is 5.92. The van der Waals surface area contributed by atoms with Gasteiger partial charge in [-0.15, -0.1) is 0 Å². The number of aromatic nitrogens is 2. The molecule has 0 fully saturated rings. The second kappa shape index (κ2) is 6.43. The predicted octanol–water partition coefficient (Wildman–Crippen LogP) is 2.68. The minimum atomic E-state index is 0.191. The van der Waals surface area contributed by atoms with Gasteiger partial charge in [-0.1, -0.05) is 18.2 Å². The van der Waals surface area contributed by atoms with Gasteiger partial charge in [-0.05, 0) is 36.6 Å². The summed E-state index contributed by atoms with van der Waals surface area (Å²) in [5, 5.41) is 3.37. The molecule has 0 aliphatic carbocycles. The Kier molecular flexibility index (Phi) is 4.63. The Morgan fingerprint density at radius 3 is 2.80 bits per heavy atom. The topological polar surface area (TPSA) is 73.1 Å². The van der Waals surface area contributed by atoms with Crippen molar-refractivity contribution in [2.24, 2.45) is 0 Å². The summed E-state index contributed by atoms with van der Waals surface area (Å²) >= 11 is 5.83. The van der Waals surface area contributed by atoms with Crippen LogP contribution in [0.5, 0.6) is 5.75 Å². The molecule has 0 atom stereocenters. The number of hydrogen-bond donors (Lipinski definition) is 2. The van der Waals surface area contributed by atoms with Crippen LogP contribution in [0, 0.1) is 6.92 Å². The van der Waals surface area contributed by atoms with E-state index in [4.69, 9.17) is 22.1 Å². The average Bonchev–Trinajstić information content (AvgIpc) is 2.44. The van der Waals surface area contributed by atoms with Crippen LogP contribution in [0.4, 0.5) is 11.5 Å². The van der Waals surface area contributed by atoms with Crippen molar-refractivity contribution < 1.29 is 4.74 Å². The van der Waals surface area contributed by atoms with E-state index in [2.05, 4.69) is 15.3 Å². The van der Waals surface area contributed by atoms with Gasteiger partial charge in [0.1, 0.15) is 5.75 Å². The molecular formula is C14H17ClN4O. The van der Waals surface area contributed by atoms with E-state index >= 15 is 0 Å². The summed E-state index contributed by atoms with van der Waals surface area (Å²) in [7, 11) is 1.66. The van der Waals surface area contributed by atoms with E-state index in [1.807, 2.05) is 24.3 Å². The number of halogens is 1. The summed E-state index contributed by atoms with van der Waals surface area (Å²) in [6.45, 7) is 2.48. The van der Waals surface area contributed by atoms with E-state index in [1.165, 1.54) is 0 Å². The summed E-state index contributed by atoms with van der Waals surface area (Å²) in [5.74, 6) is 1.44. The highest BCUT2D eigenvalue weighted by atomic mass is 35.5. The third kappa shape index (κ3) is 3.30. The number of nitrogen functional groups attached to an aromatic ring is 1. The van der Waals surface area contributed by atoms with Crippen molar-refractivity contribution in [1.82, 2.24) is 9.97 Å². The largest absolute Gasteiger partial charge is 0.496 e. The normalized spacial score (nSPS) is 10.3. The fourth-order valence-corrected chi connectivity index (χ4v) is 2.12. The van der Waals surface area contributed by atoms with Crippen LogP contribution < -0.4 is 15.8 Å². The van der Waals surface area contributed by atoms with Gasteiger partial charge >= 0.3 is 0 Å². The van der Waals surface area contributed by atoms with Crippen LogP contribution in [0.25, 0.3) is 0 Å². The summed E-state index contributed by atoms with van der Waals surface area (Å²) in [6, 6.07) is 7.90. The Bertz CT molecular complexity index is 604. The lowest BCUT2D eigenvalue weighted by atomic mass is 10.1. The first-order valence-electron chi connectivity index (χ1n) is 6.27. The lowest BCUT2D eigenvalue weighted by molar-refractivity contribution is 0.410. The zero-order chi connectivity index (χ0) is 14.5. The first kappa shape index (κ1) is 14.4. The lowest BCUT2D eigenvalue weighted by Gasteiger charge is -2.11.